The highest BCUT2D eigenvalue weighted by Gasteiger charge is 2.70. The summed E-state index contributed by atoms with van der Waals surface area (Å²) in [5.74, 6) is -1.17. The number of nitrogens with zero attached hydrogens (tertiary/aromatic N) is 3. The average molecular weight is 1230 g/mol. The Morgan fingerprint density at radius 3 is 1.98 bits per heavy atom. The van der Waals surface area contributed by atoms with Crippen molar-refractivity contribution in [2.45, 2.75) is 234 Å². The van der Waals surface area contributed by atoms with Crippen molar-refractivity contribution in [2.24, 2.45) is 73.1 Å². The van der Waals surface area contributed by atoms with Gasteiger partial charge in [0.15, 0.2) is 18.4 Å². The van der Waals surface area contributed by atoms with Crippen LogP contribution in [0, 0.1) is 68.0 Å². The molecule has 484 valence electrons. The highest BCUT2D eigenvalue weighted by atomic mass is 16.8. The molecule has 12 rings (SSSR count). The third-order valence-corrected chi connectivity index (χ3v) is 24.5. The summed E-state index contributed by atoms with van der Waals surface area (Å²) in [6, 6.07) is 29.3. The number of esters is 1. The molecule has 0 N–H and O–H groups in total. The Kier molecular flexibility index (Phi) is 18.4. The van der Waals surface area contributed by atoms with Crippen LogP contribution in [0.2, 0.25) is 0 Å². The topological polar surface area (TPSA) is 184 Å². The van der Waals surface area contributed by atoms with Crippen LogP contribution < -0.4 is 0 Å². The van der Waals surface area contributed by atoms with E-state index in [1.165, 1.54) is 11.9 Å². The molecule has 3 aromatic rings. The van der Waals surface area contributed by atoms with E-state index in [0.717, 1.165) is 68.1 Å². The number of hydrogen-bond donors (Lipinski definition) is 0. The number of fused-ring (bicyclic) bond motifs is 8. The molecule has 22 atom stereocenters. The Balaban J connectivity index is 0.812. The van der Waals surface area contributed by atoms with E-state index in [4.69, 9.17) is 52.1 Å². The van der Waals surface area contributed by atoms with Gasteiger partial charge in [0.05, 0.1) is 63.3 Å². The van der Waals surface area contributed by atoms with Gasteiger partial charge in [-0.1, -0.05) is 170 Å². The van der Waals surface area contributed by atoms with E-state index < -0.39 is 72.6 Å². The van der Waals surface area contributed by atoms with Gasteiger partial charge < -0.3 is 56.9 Å². The van der Waals surface area contributed by atoms with E-state index in [0.29, 0.717) is 50.4 Å². The summed E-state index contributed by atoms with van der Waals surface area (Å²) in [5.41, 5.74) is 13.3. The van der Waals surface area contributed by atoms with Gasteiger partial charge in [-0.15, -0.1) is 0 Å². The second-order valence-corrected chi connectivity index (χ2v) is 30.5. The molecule has 0 aromatic heterocycles. The number of aldehydes is 1. The van der Waals surface area contributed by atoms with Crippen molar-refractivity contribution in [1.82, 2.24) is 0 Å². The van der Waals surface area contributed by atoms with E-state index in [1.54, 1.807) is 0 Å². The van der Waals surface area contributed by atoms with E-state index in [-0.39, 0.29) is 76.9 Å². The van der Waals surface area contributed by atoms with Gasteiger partial charge in [-0.25, -0.2) is 0 Å². The standard InChI is InChI=1S/C73H99N3O13/c1-45-29-31-69(8)56(70(45,9)44-77)30-32-72(11)57(69)28-27-51-52-37-67(4,5)33-35-73(52,36-34-71(51,72)10)66(78)87-65-60(46(2)58(75-76-74)53(84-65)41-79-38-48-21-15-12-16-22-48)86-64-62-61(88-68(6,7)89-62)55(43-83-64)85-63-47(3)59(81-40-50-25-19-14-20-26-50)54(42-82-63)80-39-49-23-17-13-18-24-49/h12-27,44-47,52-65H,28-43H2,1-11H3/t45-,46?,47?,52?,53-,54?,55?,56+,57?,58?,59?,60?,61?,62?,63-,64-,65-,69?,70-,71+,72-,73?/m0/s1. The molecule has 5 aliphatic carbocycles. The molecule has 89 heavy (non-hydrogen) atoms. The molecule has 3 aromatic carbocycles. The summed E-state index contributed by atoms with van der Waals surface area (Å²) in [6.07, 6.45) is 5.28. The number of hydrogen-bond acceptors (Lipinski definition) is 14. The van der Waals surface area contributed by atoms with Crippen molar-refractivity contribution in [3.05, 3.63) is 130 Å². The Bertz CT molecular complexity index is 3040. The maximum atomic E-state index is 16.1. The lowest BCUT2D eigenvalue weighted by Crippen LogP contribution is -2.65. The van der Waals surface area contributed by atoms with E-state index in [9.17, 15) is 10.3 Å². The van der Waals surface area contributed by atoms with Crippen LogP contribution in [0.25, 0.3) is 10.4 Å². The Morgan fingerprint density at radius 1 is 0.674 bits per heavy atom. The molecule has 0 amide bonds. The molecule has 4 heterocycles. The largest absolute Gasteiger partial charge is 0.432 e. The third kappa shape index (κ3) is 12.0. The zero-order chi connectivity index (χ0) is 62.7. The molecule has 4 saturated heterocycles. The molecular formula is C73H99N3O13. The number of allylic oxidation sites excluding steroid dienone is 2. The van der Waals surface area contributed by atoms with E-state index in [2.05, 4.69) is 71.5 Å². The van der Waals surface area contributed by atoms with E-state index in [1.807, 2.05) is 112 Å². The zero-order valence-corrected chi connectivity index (χ0v) is 54.6. The first-order valence-corrected chi connectivity index (χ1v) is 33.5. The first-order chi connectivity index (χ1) is 42.5. The fourth-order valence-corrected chi connectivity index (χ4v) is 18.9. The van der Waals surface area contributed by atoms with Crippen LogP contribution in [0.1, 0.15) is 157 Å². The summed E-state index contributed by atoms with van der Waals surface area (Å²) in [5, 5.41) is 4.36. The monoisotopic (exact) mass is 1230 g/mol. The Morgan fingerprint density at radius 2 is 1.30 bits per heavy atom. The second kappa shape index (κ2) is 25.4. The number of rotatable bonds is 18. The molecule has 13 unspecified atom stereocenters. The minimum absolute atomic E-state index is 0.0165. The van der Waals surface area contributed by atoms with Crippen LogP contribution in [-0.4, -0.2) is 106 Å². The summed E-state index contributed by atoms with van der Waals surface area (Å²) >= 11 is 0. The first kappa shape index (κ1) is 64.6. The van der Waals surface area contributed by atoms with Crippen LogP contribution >= 0.6 is 0 Å². The number of carbonyl (C=O) groups is 2. The van der Waals surface area contributed by atoms with Crippen LogP contribution in [0.3, 0.4) is 0 Å². The SMILES string of the molecule is CC1C(O[C@@H]2OCC(O[C@@H]3OCC(OCc4ccccc4)C(OCc4ccccc4)C3C)C3OC(C)(C)OC32)[C@H](OC(=O)C23CCC(C)(C)CC2C2=CCC4C5(C)CC[C@H](C)[C@](C)(C=O)[C@@H]5CC[C@]4(C)[C@]2(C)CC3)O[C@@H](COCc2ccccc2)C1N=[N+]=[N-]. The van der Waals surface area contributed by atoms with Gasteiger partial charge in [-0.3, -0.25) is 4.79 Å². The summed E-state index contributed by atoms with van der Waals surface area (Å²) < 4.78 is 74.6. The molecule has 0 spiro atoms. The molecule has 16 nitrogen and oxygen atoms in total. The molecular weight excluding hydrogens is 1130 g/mol. The van der Waals surface area contributed by atoms with Crippen LogP contribution in [0.15, 0.2) is 108 Å². The Labute approximate surface area is 528 Å². The summed E-state index contributed by atoms with van der Waals surface area (Å²) in [4.78, 5) is 32.6. The fourth-order valence-electron chi connectivity index (χ4n) is 18.9. The highest BCUT2D eigenvalue weighted by molar-refractivity contribution is 5.79. The molecule has 9 aliphatic rings. The van der Waals surface area contributed by atoms with Crippen molar-refractivity contribution in [3.63, 3.8) is 0 Å². The number of benzene rings is 3. The van der Waals surface area contributed by atoms with Gasteiger partial charge >= 0.3 is 5.97 Å². The highest BCUT2D eigenvalue weighted by Crippen LogP contribution is 2.76. The lowest BCUT2D eigenvalue weighted by molar-refractivity contribution is -0.341. The van der Waals surface area contributed by atoms with Crippen molar-refractivity contribution in [2.75, 3.05) is 19.8 Å². The number of carbonyl (C=O) groups excluding carboxylic acids is 2. The van der Waals surface area contributed by atoms with Crippen LogP contribution in [0.4, 0.5) is 0 Å². The molecule has 0 radical (unpaired) electrons. The van der Waals surface area contributed by atoms with Gasteiger partial charge in [0.2, 0.25) is 6.29 Å². The molecule has 0 bridgehead atoms. The van der Waals surface area contributed by atoms with Crippen molar-refractivity contribution in [3.8, 4) is 0 Å². The predicted molar refractivity (Wildman–Crippen MR) is 334 cm³/mol. The average Bonchev–Trinajstić information content (AvgIpc) is 1.07. The van der Waals surface area contributed by atoms with Gasteiger partial charge in [0.25, 0.3) is 0 Å². The minimum Gasteiger partial charge on any atom is -0.432 e. The maximum absolute atomic E-state index is 16.1. The van der Waals surface area contributed by atoms with Gasteiger partial charge in [0.1, 0.15) is 36.8 Å². The minimum atomic E-state index is -1.25. The van der Waals surface area contributed by atoms with Crippen molar-refractivity contribution in [1.29, 1.82) is 0 Å². The van der Waals surface area contributed by atoms with Crippen LogP contribution in [-0.2, 0) is 81.5 Å². The quantitative estimate of drug-likeness (QED) is 0.0293. The lowest BCUT2D eigenvalue weighted by Gasteiger charge is -2.71. The van der Waals surface area contributed by atoms with Gasteiger partial charge in [0, 0.05) is 16.2 Å². The smallest absolute Gasteiger partial charge is 0.315 e. The molecule has 4 saturated carbocycles. The number of ether oxygens (including phenoxy) is 11. The fraction of sp³-hybridized carbons (Fsp3) is 0.699. The first-order valence-electron chi connectivity index (χ1n) is 33.5. The van der Waals surface area contributed by atoms with Gasteiger partial charge in [-0.2, -0.15) is 0 Å². The summed E-state index contributed by atoms with van der Waals surface area (Å²) in [6.45, 7) is 26.0. The summed E-state index contributed by atoms with van der Waals surface area (Å²) in [7, 11) is 0. The molecule has 4 aliphatic heterocycles. The second-order valence-electron chi connectivity index (χ2n) is 30.5. The number of azide groups is 1. The van der Waals surface area contributed by atoms with Crippen LogP contribution in [0.5, 0.6) is 0 Å². The van der Waals surface area contributed by atoms with Crippen molar-refractivity contribution >= 4 is 12.3 Å². The maximum Gasteiger partial charge on any atom is 0.315 e. The zero-order valence-electron chi connectivity index (χ0n) is 54.6. The molecule has 8 fully saturated rings. The Hall–Kier alpha value is -4.55. The van der Waals surface area contributed by atoms with Crippen molar-refractivity contribution < 1.29 is 61.7 Å². The van der Waals surface area contributed by atoms with E-state index >= 15 is 4.79 Å². The third-order valence-electron chi connectivity index (χ3n) is 24.5. The lowest BCUT2D eigenvalue weighted by atomic mass is 9.33. The predicted octanol–water partition coefficient (Wildman–Crippen LogP) is 14.2. The normalized spacial score (nSPS) is 42.9. The van der Waals surface area contributed by atoms with Gasteiger partial charge in [-0.05, 0) is 152 Å². The molecule has 16 heteroatoms.